The lowest BCUT2D eigenvalue weighted by Gasteiger charge is -2.32. The van der Waals surface area contributed by atoms with E-state index in [0.717, 1.165) is 134 Å². The smallest absolute Gasteiger partial charge is 0.225 e. The van der Waals surface area contributed by atoms with Crippen molar-refractivity contribution >= 4 is 45.7 Å². The number of aromatic nitrogens is 1. The van der Waals surface area contributed by atoms with Gasteiger partial charge in [0, 0.05) is 103 Å². The Labute approximate surface area is 338 Å². The largest absolute Gasteiger partial charge is 0.497 e. The summed E-state index contributed by atoms with van der Waals surface area (Å²) in [5.74, 6) is 2.12. The number of methoxy groups -OCH3 is 1. The third-order valence-electron chi connectivity index (χ3n) is 12.2. The topological polar surface area (TPSA) is 94.1 Å². The summed E-state index contributed by atoms with van der Waals surface area (Å²) in [5.41, 5.74) is 10.00. The number of aryl methyl sites for hydroxylation is 1. The van der Waals surface area contributed by atoms with Gasteiger partial charge in [0.2, 0.25) is 5.91 Å². The van der Waals surface area contributed by atoms with E-state index in [4.69, 9.17) is 4.74 Å². The van der Waals surface area contributed by atoms with Gasteiger partial charge in [-0.3, -0.25) is 14.5 Å². The number of hydrogen-bond donors (Lipinski definition) is 3. The van der Waals surface area contributed by atoms with Crippen LogP contribution in [0.25, 0.3) is 17.0 Å². The number of amides is 1. The molecule has 10 heteroatoms. The second kappa shape index (κ2) is 18.1. The molecule has 3 aliphatic rings. The number of benzene rings is 3. The van der Waals surface area contributed by atoms with E-state index < -0.39 is 0 Å². The third kappa shape index (κ3) is 9.63. The fourth-order valence-electron chi connectivity index (χ4n) is 8.03. The number of likely N-dealkylation sites (N-methyl/N-ethyl adjacent to an activating group) is 1. The number of fused-ring (bicyclic) bond motifs is 1. The Balaban J connectivity index is 1.14. The molecule has 0 unspecified atom stereocenters. The summed E-state index contributed by atoms with van der Waals surface area (Å²) < 4.78 is 8.15. The summed E-state index contributed by atoms with van der Waals surface area (Å²) in [7, 11) is 7.84. The minimum absolute atomic E-state index is 0.00206. The number of rotatable bonds is 16. The van der Waals surface area contributed by atoms with Crippen LogP contribution in [0.4, 0.5) is 17.1 Å². The van der Waals surface area contributed by atoms with Crippen LogP contribution in [-0.2, 0) is 11.3 Å². The number of carbonyl (C=O) groups is 2. The zero-order valence-corrected chi connectivity index (χ0v) is 34.8. The van der Waals surface area contributed by atoms with Gasteiger partial charge in [0.05, 0.1) is 7.11 Å². The molecule has 1 amide bonds. The Morgan fingerprint density at radius 1 is 0.842 bits per heavy atom. The van der Waals surface area contributed by atoms with Crippen LogP contribution in [0.3, 0.4) is 0 Å². The van der Waals surface area contributed by atoms with Crippen LogP contribution < -0.4 is 20.7 Å². The molecule has 2 saturated carbocycles. The highest BCUT2D eigenvalue weighted by Crippen LogP contribution is 2.39. The quantitative estimate of drug-likeness (QED) is 0.0773. The normalized spacial score (nSPS) is 16.7. The van der Waals surface area contributed by atoms with Crippen molar-refractivity contribution in [1.82, 2.24) is 19.3 Å². The maximum Gasteiger partial charge on any atom is 0.225 e. The highest BCUT2D eigenvalue weighted by molar-refractivity contribution is 6.14. The minimum atomic E-state index is 0.00206. The molecular weight excluding hydrogens is 711 g/mol. The first-order valence-electron chi connectivity index (χ1n) is 20.8. The highest BCUT2D eigenvalue weighted by Gasteiger charge is 2.29. The average molecular weight is 772 g/mol. The van der Waals surface area contributed by atoms with Crippen molar-refractivity contribution in [3.05, 3.63) is 100 Å². The summed E-state index contributed by atoms with van der Waals surface area (Å²) in [6.07, 6.45) is 9.06. The van der Waals surface area contributed by atoms with Gasteiger partial charge < -0.3 is 35.1 Å². The fourth-order valence-corrected chi connectivity index (χ4v) is 8.03. The molecule has 3 aromatic carbocycles. The number of nitrogens with zero attached hydrogens (tertiary/aromatic N) is 4. The molecular formula is C47H61N7O3. The molecule has 1 aliphatic heterocycles. The van der Waals surface area contributed by atoms with Crippen LogP contribution in [0.2, 0.25) is 0 Å². The molecule has 2 aliphatic carbocycles. The van der Waals surface area contributed by atoms with Crippen molar-refractivity contribution in [1.29, 1.82) is 0 Å². The second-order valence-corrected chi connectivity index (χ2v) is 16.5. The molecule has 0 bridgehead atoms. The predicted molar refractivity (Wildman–Crippen MR) is 234 cm³/mol. The van der Waals surface area contributed by atoms with Crippen molar-refractivity contribution in [2.75, 3.05) is 83.5 Å². The van der Waals surface area contributed by atoms with Crippen LogP contribution in [0.5, 0.6) is 5.75 Å². The maximum absolute atomic E-state index is 14.9. The molecule has 0 spiro atoms. The number of anilines is 3. The van der Waals surface area contributed by atoms with Gasteiger partial charge in [-0.05, 0) is 145 Å². The first-order chi connectivity index (χ1) is 27.6. The molecule has 10 nitrogen and oxygen atoms in total. The number of carbonyl (C=O) groups excluding carboxylic acids is 2. The van der Waals surface area contributed by atoms with Gasteiger partial charge >= 0.3 is 0 Å². The molecule has 57 heavy (non-hydrogen) atoms. The lowest BCUT2D eigenvalue weighted by atomic mass is 9.76. The Morgan fingerprint density at radius 3 is 2.16 bits per heavy atom. The molecule has 1 saturated heterocycles. The first-order valence-corrected chi connectivity index (χ1v) is 20.8. The molecule has 0 atom stereocenters. The van der Waals surface area contributed by atoms with Crippen LogP contribution in [0.15, 0.2) is 77.6 Å². The number of Topliss-reactive ketones (excluding diaryl/α,β-unsaturated/α-hetero) is 1. The fraction of sp³-hybridized carbons (Fsp3) is 0.447. The van der Waals surface area contributed by atoms with Gasteiger partial charge in [0.15, 0.2) is 5.78 Å². The van der Waals surface area contributed by atoms with E-state index in [-0.39, 0.29) is 17.6 Å². The van der Waals surface area contributed by atoms with E-state index in [1.54, 1.807) is 7.11 Å². The number of allylic oxidation sites excluding steroid dienone is 2. The number of piperazine rings is 1. The number of nitrogens with one attached hydrogen (secondary N) is 3. The van der Waals surface area contributed by atoms with Crippen molar-refractivity contribution in [2.24, 2.45) is 5.92 Å². The minimum Gasteiger partial charge on any atom is -0.497 e. The van der Waals surface area contributed by atoms with Gasteiger partial charge in [0.1, 0.15) is 11.6 Å². The van der Waals surface area contributed by atoms with Crippen LogP contribution >= 0.6 is 0 Å². The number of hydrogen-bond acceptors (Lipinski definition) is 8. The van der Waals surface area contributed by atoms with E-state index in [1.165, 1.54) is 16.8 Å². The monoisotopic (exact) mass is 771 g/mol. The van der Waals surface area contributed by atoms with Crippen LogP contribution in [0, 0.1) is 19.8 Å². The zero-order valence-electron chi connectivity index (χ0n) is 34.8. The Bertz CT molecular complexity index is 2130. The van der Waals surface area contributed by atoms with Crippen LogP contribution in [0.1, 0.15) is 72.1 Å². The predicted octanol–water partition coefficient (Wildman–Crippen LogP) is 8.39. The Hall–Kier alpha value is -4.90. The van der Waals surface area contributed by atoms with Crippen molar-refractivity contribution in [3.63, 3.8) is 0 Å². The average Bonchev–Trinajstić information content (AvgIpc) is 3.41. The summed E-state index contributed by atoms with van der Waals surface area (Å²) in [6.45, 7) is 11.2. The second-order valence-electron chi connectivity index (χ2n) is 16.5. The highest BCUT2D eigenvalue weighted by atomic mass is 16.5. The third-order valence-corrected chi connectivity index (χ3v) is 12.2. The molecule has 7 rings (SSSR count). The molecule has 3 fully saturated rings. The Morgan fingerprint density at radius 2 is 1.53 bits per heavy atom. The SMILES string of the molecule is COc1ccc2c(c1)c(/C=C(/C(=O)c1cc(NC(Nc3ccc(NC(=O)CCN(C)C)cc3)=C3CCC3)ccc1C)C1CCC1)c(C)n2CCN1CCN(C)CC1. The summed E-state index contributed by atoms with van der Waals surface area (Å²) in [4.78, 5) is 34.2. The number of ether oxygens (including phenoxy) is 1. The van der Waals surface area contributed by atoms with E-state index in [1.807, 2.05) is 62.3 Å². The molecule has 0 radical (unpaired) electrons. The molecule has 1 aromatic heterocycles. The standard InChI is InChI=1S/C47H61N7O3/c1-32-13-14-38(50-47(35-11-8-12-35)49-37-17-15-36(16-18-37)48-45(55)21-22-51(3)4)29-40(32)46(56)42(34-9-7-10-34)31-41-33(2)54(28-27-53-25-23-52(5)24-26-53)44-20-19-39(57-6)30-43(41)44/h13-20,29-31,34,49-50H,7-12,21-28H2,1-6H3,(H,48,55)/b42-31+. The van der Waals surface area contributed by atoms with E-state index >= 15 is 0 Å². The van der Waals surface area contributed by atoms with Crippen molar-refractivity contribution in [3.8, 4) is 5.75 Å². The first kappa shape index (κ1) is 40.3. The molecule has 2 heterocycles. The van der Waals surface area contributed by atoms with Gasteiger partial charge in [-0.15, -0.1) is 0 Å². The number of ketones is 1. The van der Waals surface area contributed by atoms with Crippen molar-refractivity contribution in [2.45, 2.75) is 65.3 Å². The molecule has 302 valence electrons. The van der Waals surface area contributed by atoms with E-state index in [0.29, 0.717) is 13.0 Å². The summed E-state index contributed by atoms with van der Waals surface area (Å²) in [5, 5.41) is 11.4. The van der Waals surface area contributed by atoms with Gasteiger partial charge in [0.25, 0.3) is 0 Å². The lowest BCUT2D eigenvalue weighted by molar-refractivity contribution is -0.116. The van der Waals surface area contributed by atoms with Gasteiger partial charge in [-0.2, -0.15) is 0 Å². The van der Waals surface area contributed by atoms with E-state index in [2.05, 4.69) is 74.6 Å². The molecule has 4 aromatic rings. The van der Waals surface area contributed by atoms with E-state index in [9.17, 15) is 9.59 Å². The maximum atomic E-state index is 14.9. The zero-order chi connectivity index (χ0) is 40.1. The lowest BCUT2D eigenvalue weighted by Crippen LogP contribution is -2.45. The van der Waals surface area contributed by atoms with Crippen LogP contribution in [-0.4, -0.2) is 98.5 Å². The van der Waals surface area contributed by atoms with Gasteiger partial charge in [-0.1, -0.05) is 12.5 Å². The van der Waals surface area contributed by atoms with Gasteiger partial charge in [-0.25, -0.2) is 0 Å². The Kier molecular flexibility index (Phi) is 12.8. The summed E-state index contributed by atoms with van der Waals surface area (Å²) in [6, 6.07) is 20.4. The van der Waals surface area contributed by atoms with Crippen molar-refractivity contribution < 1.29 is 14.3 Å². The molecule has 3 N–H and O–H groups in total. The summed E-state index contributed by atoms with van der Waals surface area (Å²) >= 11 is 0.